The lowest BCUT2D eigenvalue weighted by Gasteiger charge is -2.13. The first-order valence-corrected chi connectivity index (χ1v) is 11.4. The fourth-order valence-electron chi connectivity index (χ4n) is 3.28. The zero-order valence-corrected chi connectivity index (χ0v) is 19.0. The molecule has 1 aromatic heterocycles. The van der Waals surface area contributed by atoms with Gasteiger partial charge in [-0.2, -0.15) is 5.26 Å². The molecule has 1 atom stereocenters. The van der Waals surface area contributed by atoms with Gasteiger partial charge in [0.15, 0.2) is 4.91 Å². The van der Waals surface area contributed by atoms with Crippen LogP contribution in [0.2, 0.25) is 0 Å². The lowest BCUT2D eigenvalue weighted by atomic mass is 10.0. The number of benzene rings is 2. The van der Waals surface area contributed by atoms with Gasteiger partial charge in [0.25, 0.3) is 10.0 Å². The number of fused-ring (bicyclic) bond motifs is 1. The molecule has 0 spiro atoms. The molecular formula is C23H26N4O4S. The second-order valence-corrected chi connectivity index (χ2v) is 9.39. The number of sulfonamides is 1. The average molecular weight is 455 g/mol. The van der Waals surface area contributed by atoms with E-state index in [1.165, 1.54) is 6.08 Å². The number of hydrogen-bond acceptors (Lipinski definition) is 6. The van der Waals surface area contributed by atoms with E-state index in [9.17, 15) is 18.8 Å². The van der Waals surface area contributed by atoms with Gasteiger partial charge in [-0.15, -0.1) is 0 Å². The van der Waals surface area contributed by atoms with Gasteiger partial charge in [-0.05, 0) is 52.7 Å². The summed E-state index contributed by atoms with van der Waals surface area (Å²) in [7, 11) is 1.66. The Morgan fingerprint density at radius 3 is 2.53 bits per heavy atom. The summed E-state index contributed by atoms with van der Waals surface area (Å²) in [4.78, 5) is 1.56. The zero-order chi connectivity index (χ0) is 23.5. The minimum Gasteiger partial charge on any atom is -0.394 e. The highest BCUT2D eigenvalue weighted by Gasteiger charge is 2.19. The van der Waals surface area contributed by atoms with Gasteiger partial charge in [-0.3, -0.25) is 0 Å². The van der Waals surface area contributed by atoms with Gasteiger partial charge in [0.2, 0.25) is 0 Å². The Balaban J connectivity index is 1.93. The molecule has 1 unspecified atom stereocenters. The molecule has 32 heavy (non-hydrogen) atoms. The Morgan fingerprint density at radius 1 is 1.19 bits per heavy atom. The van der Waals surface area contributed by atoms with E-state index in [4.69, 9.17) is 5.11 Å². The molecule has 8 nitrogen and oxygen atoms in total. The van der Waals surface area contributed by atoms with Crippen molar-refractivity contribution in [1.29, 1.82) is 5.26 Å². The molecule has 3 N–H and O–H groups in total. The standard InChI is InChI=1S/C23H26N4O4S/c1-26(2)19-7-6-16-10-18(5-4-17(16)11-19)23-9-8-20(27(23)3)12-22(13-24)32(30,31)25-14-21(29)15-28/h4-12,21,25,28-29H,14-15H2,1-3H3. The van der Waals surface area contributed by atoms with E-state index in [2.05, 4.69) is 29.0 Å². The summed E-state index contributed by atoms with van der Waals surface area (Å²) in [6, 6.07) is 17.6. The molecule has 0 aliphatic heterocycles. The van der Waals surface area contributed by atoms with Gasteiger partial charge in [0, 0.05) is 44.8 Å². The molecule has 0 aliphatic rings. The molecule has 0 saturated carbocycles. The molecule has 1 heterocycles. The molecule has 0 bridgehead atoms. The van der Waals surface area contributed by atoms with E-state index in [1.54, 1.807) is 19.2 Å². The molecule has 0 saturated heterocycles. The van der Waals surface area contributed by atoms with Crippen LogP contribution in [0.3, 0.4) is 0 Å². The van der Waals surface area contributed by atoms with Crippen LogP contribution in [0.15, 0.2) is 53.4 Å². The van der Waals surface area contributed by atoms with E-state index < -0.39 is 27.6 Å². The van der Waals surface area contributed by atoms with Gasteiger partial charge < -0.3 is 19.7 Å². The van der Waals surface area contributed by atoms with Crippen molar-refractivity contribution < 1.29 is 18.6 Å². The number of nitriles is 1. The van der Waals surface area contributed by atoms with E-state index in [1.807, 2.05) is 41.8 Å². The number of nitrogens with zero attached hydrogens (tertiary/aromatic N) is 3. The summed E-state index contributed by atoms with van der Waals surface area (Å²) in [5.74, 6) is 0. The van der Waals surface area contributed by atoms with Crippen molar-refractivity contribution in [3.05, 3.63) is 59.1 Å². The van der Waals surface area contributed by atoms with E-state index >= 15 is 0 Å². The number of aromatic nitrogens is 1. The predicted molar refractivity (Wildman–Crippen MR) is 126 cm³/mol. The second-order valence-electron chi connectivity index (χ2n) is 7.65. The average Bonchev–Trinajstić information content (AvgIpc) is 3.14. The maximum absolute atomic E-state index is 12.4. The molecule has 0 amide bonds. The molecule has 168 valence electrons. The number of nitrogens with one attached hydrogen (secondary N) is 1. The van der Waals surface area contributed by atoms with E-state index in [0.29, 0.717) is 5.69 Å². The molecule has 2 aromatic carbocycles. The van der Waals surface area contributed by atoms with Crippen LogP contribution < -0.4 is 9.62 Å². The van der Waals surface area contributed by atoms with Crippen LogP contribution >= 0.6 is 0 Å². The Labute approximate surface area is 187 Å². The van der Waals surface area contributed by atoms with Crippen molar-refractivity contribution in [2.75, 3.05) is 32.1 Å². The van der Waals surface area contributed by atoms with Crippen LogP contribution in [0.1, 0.15) is 5.69 Å². The Morgan fingerprint density at radius 2 is 1.88 bits per heavy atom. The molecule has 0 aliphatic carbocycles. The van der Waals surface area contributed by atoms with Crippen LogP contribution in [0.25, 0.3) is 28.1 Å². The summed E-state index contributed by atoms with van der Waals surface area (Å²) in [5.41, 5.74) is 3.48. The zero-order valence-electron chi connectivity index (χ0n) is 18.1. The van der Waals surface area contributed by atoms with Gasteiger partial charge in [0.05, 0.1) is 12.7 Å². The van der Waals surface area contributed by atoms with Crippen LogP contribution in [0.4, 0.5) is 5.69 Å². The number of rotatable bonds is 8. The van der Waals surface area contributed by atoms with Gasteiger partial charge in [0.1, 0.15) is 6.07 Å². The summed E-state index contributed by atoms with van der Waals surface area (Å²) < 4.78 is 28.7. The molecule has 3 rings (SSSR count). The van der Waals surface area contributed by atoms with Crippen LogP contribution in [0.5, 0.6) is 0 Å². The van der Waals surface area contributed by atoms with Crippen molar-refractivity contribution >= 4 is 32.6 Å². The third-order valence-electron chi connectivity index (χ3n) is 5.20. The highest BCUT2D eigenvalue weighted by atomic mass is 32.2. The number of aliphatic hydroxyl groups is 2. The smallest absolute Gasteiger partial charge is 0.250 e. The van der Waals surface area contributed by atoms with Gasteiger partial charge in [-0.1, -0.05) is 18.2 Å². The molecule has 3 aromatic rings. The Bertz CT molecular complexity index is 1300. The third-order valence-corrected chi connectivity index (χ3v) is 6.53. The molecule has 0 fully saturated rings. The van der Waals surface area contributed by atoms with E-state index in [-0.39, 0.29) is 6.54 Å². The summed E-state index contributed by atoms with van der Waals surface area (Å²) in [6.45, 7) is -0.972. The van der Waals surface area contributed by atoms with Crippen molar-refractivity contribution in [3.63, 3.8) is 0 Å². The SMILES string of the molecule is CN(C)c1ccc2cc(-c3ccc(C=C(C#N)S(=O)(=O)NCC(O)CO)n3C)ccc2c1. The van der Waals surface area contributed by atoms with Crippen LogP contribution in [0, 0.1) is 11.3 Å². The lowest BCUT2D eigenvalue weighted by molar-refractivity contribution is 0.0989. The fraction of sp³-hybridized carbons (Fsp3) is 0.261. The highest BCUT2D eigenvalue weighted by molar-refractivity contribution is 7.93. The first-order valence-electron chi connectivity index (χ1n) is 9.94. The van der Waals surface area contributed by atoms with Gasteiger partial charge in [-0.25, -0.2) is 13.1 Å². The summed E-state index contributed by atoms with van der Waals surface area (Å²) >= 11 is 0. The minimum atomic E-state index is -4.13. The Hall–Kier alpha value is -3.16. The van der Waals surface area contributed by atoms with Crippen LogP contribution in [-0.4, -0.2) is 56.5 Å². The molecule has 9 heteroatoms. The second kappa shape index (κ2) is 9.54. The van der Waals surface area contributed by atoms with Gasteiger partial charge >= 0.3 is 0 Å². The number of hydrogen-bond donors (Lipinski definition) is 3. The maximum atomic E-state index is 12.4. The largest absolute Gasteiger partial charge is 0.394 e. The maximum Gasteiger partial charge on any atom is 0.250 e. The molecular weight excluding hydrogens is 428 g/mol. The summed E-state index contributed by atoms with van der Waals surface area (Å²) in [5, 5.41) is 29.8. The number of allylic oxidation sites excluding steroid dienone is 1. The normalized spacial score (nSPS) is 13.2. The van der Waals surface area contributed by atoms with E-state index in [0.717, 1.165) is 27.7 Å². The quantitative estimate of drug-likeness (QED) is 0.448. The Kier molecular flexibility index (Phi) is 7.01. The molecule has 0 radical (unpaired) electrons. The first kappa shape index (κ1) is 23.5. The minimum absolute atomic E-state index is 0.386. The van der Waals surface area contributed by atoms with Crippen molar-refractivity contribution in [2.45, 2.75) is 6.10 Å². The van der Waals surface area contributed by atoms with Crippen LogP contribution in [-0.2, 0) is 17.1 Å². The third kappa shape index (κ3) is 5.00. The number of anilines is 1. The number of aliphatic hydroxyl groups excluding tert-OH is 2. The van der Waals surface area contributed by atoms with Crippen molar-refractivity contribution in [1.82, 2.24) is 9.29 Å². The lowest BCUT2D eigenvalue weighted by Crippen LogP contribution is -2.34. The monoisotopic (exact) mass is 454 g/mol. The summed E-state index contributed by atoms with van der Waals surface area (Å²) in [6.07, 6.45) is 0.0368. The predicted octanol–water partition coefficient (Wildman–Crippen LogP) is 2.05. The highest BCUT2D eigenvalue weighted by Crippen LogP contribution is 2.28. The fourth-order valence-corrected chi connectivity index (χ4v) is 4.25. The topological polar surface area (TPSA) is 119 Å². The van der Waals surface area contributed by atoms with Crippen molar-refractivity contribution in [3.8, 4) is 17.3 Å². The first-order chi connectivity index (χ1) is 15.2. The van der Waals surface area contributed by atoms with Crippen molar-refractivity contribution in [2.24, 2.45) is 7.05 Å².